The molecule has 21 nitrogen and oxygen atoms in total. The van der Waals surface area contributed by atoms with Crippen LogP contribution in [0.5, 0.6) is 5.75 Å². The molecule has 0 radical (unpaired) electrons. The molecule has 1 aliphatic rings. The quantitative estimate of drug-likeness (QED) is 0.0569. The van der Waals surface area contributed by atoms with Gasteiger partial charge in [0, 0.05) is 70.2 Å². The van der Waals surface area contributed by atoms with Crippen molar-refractivity contribution in [1.82, 2.24) is 53.9 Å². The highest BCUT2D eigenvalue weighted by Gasteiger charge is 2.25. The maximum Gasteiger partial charge on any atom is 0.278 e. The Bertz CT molecular complexity index is 2710. The maximum atomic E-state index is 13.9. The summed E-state index contributed by atoms with van der Waals surface area (Å²) in [6.07, 6.45) is 5.75. The first-order chi connectivity index (χ1) is 29.8. The second-order valence-electron chi connectivity index (χ2n) is 15.1. The number of pyridine rings is 1. The van der Waals surface area contributed by atoms with Crippen LogP contribution < -0.4 is 37.9 Å². The summed E-state index contributed by atoms with van der Waals surface area (Å²) in [4.78, 5) is 68.3. The molecule has 0 aliphatic carbocycles. The minimum Gasteiger partial charge on any atom is -0.491 e. The highest BCUT2D eigenvalue weighted by atomic mass is 16.5. The Morgan fingerprint density at radius 3 is 2.27 bits per heavy atom. The van der Waals surface area contributed by atoms with E-state index in [-0.39, 0.29) is 47.5 Å². The molecule has 1 aliphatic heterocycles. The molecule has 7 rings (SSSR count). The number of hydrogen-bond donors (Lipinski definition) is 6. The van der Waals surface area contributed by atoms with Crippen LogP contribution in [0, 0.1) is 13.8 Å². The number of carbonyl (C=O) groups excluding carboxylic acids is 4. The van der Waals surface area contributed by atoms with Gasteiger partial charge in [-0.2, -0.15) is 10.2 Å². The summed E-state index contributed by atoms with van der Waals surface area (Å²) in [6.45, 7) is 14.6. The van der Waals surface area contributed by atoms with Gasteiger partial charge in [0.25, 0.3) is 11.8 Å². The average Bonchev–Trinajstić information content (AvgIpc) is 3.98. The number of rotatable bonds is 17. The zero-order valence-electron chi connectivity index (χ0n) is 35.4. The Labute approximate surface area is 356 Å². The topological polar surface area (TPSA) is 279 Å². The number of imidazole rings is 2. The van der Waals surface area contributed by atoms with Crippen molar-refractivity contribution < 1.29 is 23.9 Å². The van der Waals surface area contributed by atoms with Gasteiger partial charge in [-0.05, 0) is 65.3 Å². The van der Waals surface area contributed by atoms with E-state index in [0.717, 1.165) is 32.6 Å². The predicted molar refractivity (Wildman–Crippen MR) is 233 cm³/mol. The number of nitrogens with two attached hydrogens (primary N) is 3. The molecule has 6 aromatic rings. The fourth-order valence-corrected chi connectivity index (χ4v) is 7.57. The SMILES string of the molecule is CCn1nc(C)cc1C(=O)Nc1nc2cc(C(N)=O)cnc2n1C/C=C/Cn1c(NC(=O)c2c(N)c(C)nn2CC)nc2cc(C(N)=O)cc(OCCCN3CCN[C@@H](C)C3)c21. The largest absolute Gasteiger partial charge is 0.491 e. The monoisotopic (exact) mass is 848 g/mol. The number of fused-ring (bicyclic) bond motifs is 2. The Kier molecular flexibility index (Phi) is 12.6. The number of anilines is 3. The van der Waals surface area contributed by atoms with Crippen LogP contribution in [0.3, 0.4) is 0 Å². The van der Waals surface area contributed by atoms with Gasteiger partial charge in [0.05, 0.1) is 34.8 Å². The van der Waals surface area contributed by atoms with Crippen LogP contribution in [-0.4, -0.2) is 111 Å². The van der Waals surface area contributed by atoms with E-state index in [1.54, 1.807) is 45.9 Å². The normalized spacial score (nSPS) is 14.6. The zero-order valence-corrected chi connectivity index (χ0v) is 35.4. The lowest BCUT2D eigenvalue weighted by molar-refractivity contribution is 0.0991. The van der Waals surface area contributed by atoms with Gasteiger partial charge in [-0.15, -0.1) is 0 Å². The first-order valence-electron chi connectivity index (χ1n) is 20.5. The van der Waals surface area contributed by atoms with Crippen LogP contribution >= 0.6 is 0 Å². The van der Waals surface area contributed by atoms with Crippen LogP contribution in [0.4, 0.5) is 17.6 Å². The molecule has 0 bridgehead atoms. The number of primary amides is 2. The van der Waals surface area contributed by atoms with Gasteiger partial charge in [0.15, 0.2) is 5.65 Å². The number of hydrogen-bond acceptors (Lipinski definition) is 13. The van der Waals surface area contributed by atoms with Crippen LogP contribution in [0.15, 0.2) is 42.6 Å². The van der Waals surface area contributed by atoms with Crippen molar-refractivity contribution in [3.8, 4) is 5.75 Å². The van der Waals surface area contributed by atoms with Crippen molar-refractivity contribution in [3.05, 3.63) is 76.5 Å². The van der Waals surface area contributed by atoms with Gasteiger partial charge in [-0.25, -0.2) is 15.0 Å². The number of nitrogens with one attached hydrogen (secondary N) is 3. The average molecular weight is 849 g/mol. The lowest BCUT2D eigenvalue weighted by Crippen LogP contribution is -2.49. The number of benzene rings is 1. The zero-order chi connectivity index (χ0) is 44.2. The summed E-state index contributed by atoms with van der Waals surface area (Å²) < 4.78 is 13.0. The van der Waals surface area contributed by atoms with Gasteiger partial charge in [-0.1, -0.05) is 12.2 Å². The van der Waals surface area contributed by atoms with Crippen LogP contribution in [0.1, 0.15) is 80.3 Å². The van der Waals surface area contributed by atoms with Gasteiger partial charge >= 0.3 is 0 Å². The van der Waals surface area contributed by atoms with Crippen molar-refractivity contribution >= 4 is 63.4 Å². The van der Waals surface area contributed by atoms with Crippen molar-refractivity contribution in [1.29, 1.82) is 0 Å². The molecule has 62 heavy (non-hydrogen) atoms. The van der Waals surface area contributed by atoms with Gasteiger partial charge in [0.2, 0.25) is 23.7 Å². The van der Waals surface area contributed by atoms with Crippen molar-refractivity contribution in [2.75, 3.05) is 49.2 Å². The molecule has 326 valence electrons. The minimum atomic E-state index is -0.672. The lowest BCUT2D eigenvalue weighted by atomic mass is 10.1. The number of allylic oxidation sites excluding steroid dienone is 2. The van der Waals surface area contributed by atoms with Crippen LogP contribution in [-0.2, 0) is 26.2 Å². The molecular formula is C41H52N16O5. The molecule has 5 aromatic heterocycles. The predicted octanol–water partition coefficient (Wildman–Crippen LogP) is 2.43. The second-order valence-corrected chi connectivity index (χ2v) is 15.1. The third kappa shape index (κ3) is 8.98. The Balaban J connectivity index is 1.23. The first-order valence-corrected chi connectivity index (χ1v) is 20.5. The minimum absolute atomic E-state index is 0.154. The van der Waals surface area contributed by atoms with Crippen molar-refractivity contribution in [3.63, 3.8) is 0 Å². The number of aryl methyl sites for hydroxylation is 4. The van der Waals surface area contributed by atoms with Crippen LogP contribution in [0.2, 0.25) is 0 Å². The van der Waals surface area contributed by atoms with E-state index in [1.165, 1.54) is 16.9 Å². The Hall–Kier alpha value is -7.13. The molecule has 6 heterocycles. The summed E-state index contributed by atoms with van der Waals surface area (Å²) in [7, 11) is 0. The summed E-state index contributed by atoms with van der Waals surface area (Å²) in [5, 5.41) is 18.0. The standard InChI is InChI=1S/C41H52N16O5/c1-6-56-30(17-23(3)51-56)38(60)49-41-48-29-19-27(36(44)59)21-46-37(29)55(41)14-9-8-13-54-33-28(47-40(54)50-39(61)34-32(42)25(5)52-57(34)7-2)18-26(35(43)58)20-31(33)62-16-10-12-53-15-11-45-24(4)22-53/h8-9,17-21,24,45H,6-7,10-16,22,42H2,1-5H3,(H2,43,58)(H2,44,59)(H,47,50,61)(H,48,49,60)/b9-8+/t24-/m0/s1. The van der Waals surface area contributed by atoms with Crippen molar-refractivity contribution in [2.45, 2.75) is 73.3 Å². The van der Waals surface area contributed by atoms with Gasteiger partial charge in [0.1, 0.15) is 28.2 Å². The summed E-state index contributed by atoms with van der Waals surface area (Å²) in [5.41, 5.74) is 21.6. The van der Waals surface area contributed by atoms with E-state index in [0.29, 0.717) is 70.8 Å². The highest BCUT2D eigenvalue weighted by molar-refractivity contribution is 6.07. The van der Waals surface area contributed by atoms with E-state index in [2.05, 4.69) is 47.9 Å². The van der Waals surface area contributed by atoms with Gasteiger partial charge in [-0.3, -0.25) is 43.7 Å². The smallest absolute Gasteiger partial charge is 0.278 e. The summed E-state index contributed by atoms with van der Waals surface area (Å²) >= 11 is 0. The van der Waals surface area contributed by atoms with Gasteiger partial charge < -0.3 is 36.7 Å². The molecule has 1 atom stereocenters. The second kappa shape index (κ2) is 18.2. The number of carbonyl (C=O) groups is 4. The highest BCUT2D eigenvalue weighted by Crippen LogP contribution is 2.32. The molecule has 1 fully saturated rings. The molecule has 0 saturated carbocycles. The fraction of sp³-hybridized carbons (Fsp3) is 0.390. The third-order valence-electron chi connectivity index (χ3n) is 10.6. The third-order valence-corrected chi connectivity index (χ3v) is 10.6. The summed E-state index contributed by atoms with van der Waals surface area (Å²) in [5.74, 6) is -1.60. The lowest BCUT2D eigenvalue weighted by Gasteiger charge is -2.31. The van der Waals surface area contributed by atoms with E-state index >= 15 is 0 Å². The Morgan fingerprint density at radius 2 is 1.56 bits per heavy atom. The first kappa shape index (κ1) is 43.0. The molecule has 0 spiro atoms. The Morgan fingerprint density at radius 1 is 0.887 bits per heavy atom. The maximum absolute atomic E-state index is 13.9. The van der Waals surface area contributed by atoms with Crippen LogP contribution in [0.25, 0.3) is 22.2 Å². The number of amides is 4. The van der Waals surface area contributed by atoms with E-state index in [4.69, 9.17) is 26.9 Å². The number of ether oxygens (including phenoxy) is 1. The molecule has 21 heteroatoms. The van der Waals surface area contributed by atoms with E-state index in [9.17, 15) is 19.2 Å². The number of aromatic nitrogens is 9. The summed E-state index contributed by atoms with van der Waals surface area (Å²) in [6, 6.07) is 6.74. The molecule has 1 saturated heterocycles. The van der Waals surface area contributed by atoms with E-state index < -0.39 is 23.6 Å². The molecule has 4 amide bonds. The number of nitrogen functional groups attached to an aromatic ring is 1. The molecule has 0 unspecified atom stereocenters. The molecule has 1 aromatic carbocycles. The van der Waals surface area contributed by atoms with Crippen molar-refractivity contribution in [2.24, 2.45) is 11.5 Å². The number of nitrogens with zero attached hydrogens (tertiary/aromatic N) is 10. The number of piperazine rings is 1. The molecular weight excluding hydrogens is 797 g/mol. The molecule has 9 N–H and O–H groups in total. The fourth-order valence-electron chi connectivity index (χ4n) is 7.57. The van der Waals surface area contributed by atoms with E-state index in [1.807, 2.05) is 26.0 Å².